The second-order valence-corrected chi connectivity index (χ2v) is 8.94. The number of aliphatic hydroxyl groups is 1. The molecule has 33 heavy (non-hydrogen) atoms. The number of carbonyl (C=O) groups excluding carboxylic acids is 1. The molecule has 4 nitrogen and oxygen atoms in total. The maximum Gasteiger partial charge on any atom is 0.237 e. The Labute approximate surface area is 196 Å². The van der Waals surface area contributed by atoms with Crippen molar-refractivity contribution < 1.29 is 9.90 Å². The summed E-state index contributed by atoms with van der Waals surface area (Å²) in [5.74, 6) is -0.452. The summed E-state index contributed by atoms with van der Waals surface area (Å²) in [5.41, 5.74) is 13.9. The van der Waals surface area contributed by atoms with E-state index < -0.39 is 18.1 Å². The second kappa shape index (κ2) is 10.2. The molecule has 1 saturated heterocycles. The van der Waals surface area contributed by atoms with Crippen LogP contribution in [0, 0.1) is 13.8 Å². The largest absolute Gasteiger partial charge is 0.391 e. The number of primary amides is 1. The zero-order chi connectivity index (χ0) is 23.4. The third-order valence-electron chi connectivity index (χ3n) is 6.62. The van der Waals surface area contributed by atoms with Crippen LogP contribution in [0.15, 0.2) is 66.7 Å². The highest BCUT2D eigenvalue weighted by Gasteiger charge is 2.34. The van der Waals surface area contributed by atoms with Crippen molar-refractivity contribution in [1.29, 1.82) is 0 Å². The summed E-state index contributed by atoms with van der Waals surface area (Å²) < 4.78 is 0. The standard InChI is InChI=1S/C29H32N2O2/c1-20-18-22(19-31-17-7-12-27(32)28(31)29(30)33)13-14-23(20)15-16-24-10-6-11-26(21(24)2)25-8-4-3-5-9-25/h3-6,8-11,13-16,18,27-28,32H,7,12,17,19H2,1-2H3,(H2,30,33)/b16-15+/t27-,28-/m1/s1. The molecule has 0 spiro atoms. The number of rotatable bonds is 6. The molecule has 3 aromatic carbocycles. The van der Waals surface area contributed by atoms with Crippen LogP contribution in [0.25, 0.3) is 23.3 Å². The molecular weight excluding hydrogens is 408 g/mol. The van der Waals surface area contributed by atoms with E-state index >= 15 is 0 Å². The number of hydrogen-bond acceptors (Lipinski definition) is 3. The summed E-state index contributed by atoms with van der Waals surface area (Å²) in [7, 11) is 0. The molecule has 1 aliphatic rings. The summed E-state index contributed by atoms with van der Waals surface area (Å²) in [6.45, 7) is 5.64. The Morgan fingerprint density at radius 2 is 1.79 bits per heavy atom. The third-order valence-corrected chi connectivity index (χ3v) is 6.62. The van der Waals surface area contributed by atoms with E-state index in [0.717, 1.165) is 24.1 Å². The van der Waals surface area contributed by atoms with Crippen LogP contribution in [0.3, 0.4) is 0 Å². The molecule has 0 radical (unpaired) electrons. The molecule has 1 amide bonds. The van der Waals surface area contributed by atoms with Gasteiger partial charge < -0.3 is 10.8 Å². The van der Waals surface area contributed by atoms with Gasteiger partial charge in [-0.15, -0.1) is 0 Å². The van der Waals surface area contributed by atoms with E-state index in [1.807, 2.05) is 11.0 Å². The Morgan fingerprint density at radius 1 is 1.03 bits per heavy atom. The third kappa shape index (κ3) is 5.24. The quantitative estimate of drug-likeness (QED) is 0.533. The lowest BCUT2D eigenvalue weighted by atomic mass is 9.95. The highest BCUT2D eigenvalue weighted by molar-refractivity contribution is 5.81. The van der Waals surface area contributed by atoms with Crippen molar-refractivity contribution in [1.82, 2.24) is 4.90 Å². The van der Waals surface area contributed by atoms with Crippen LogP contribution in [0.5, 0.6) is 0 Å². The van der Waals surface area contributed by atoms with Crippen molar-refractivity contribution in [2.45, 2.75) is 45.4 Å². The first-order valence-corrected chi connectivity index (χ1v) is 11.6. The van der Waals surface area contributed by atoms with Gasteiger partial charge in [-0.3, -0.25) is 9.69 Å². The minimum absolute atomic E-state index is 0.452. The van der Waals surface area contributed by atoms with Crippen LogP contribution in [0.1, 0.15) is 40.7 Å². The zero-order valence-corrected chi connectivity index (χ0v) is 19.4. The summed E-state index contributed by atoms with van der Waals surface area (Å²) in [5, 5.41) is 10.2. The molecular formula is C29H32N2O2. The summed E-state index contributed by atoms with van der Waals surface area (Å²) >= 11 is 0. The molecule has 0 saturated carbocycles. The first-order valence-electron chi connectivity index (χ1n) is 11.6. The number of amides is 1. The summed E-state index contributed by atoms with van der Waals surface area (Å²) in [6.07, 6.45) is 5.14. The van der Waals surface area contributed by atoms with Crippen molar-refractivity contribution in [3.8, 4) is 11.1 Å². The molecule has 1 fully saturated rings. The average molecular weight is 441 g/mol. The van der Waals surface area contributed by atoms with Crippen LogP contribution in [0.2, 0.25) is 0 Å². The normalized spacial score (nSPS) is 19.1. The van der Waals surface area contributed by atoms with E-state index in [-0.39, 0.29) is 0 Å². The molecule has 0 aromatic heterocycles. The number of likely N-dealkylation sites (tertiary alicyclic amines) is 1. The first-order chi connectivity index (χ1) is 15.9. The van der Waals surface area contributed by atoms with Gasteiger partial charge in [0.05, 0.1) is 6.10 Å². The molecule has 0 bridgehead atoms. The lowest BCUT2D eigenvalue weighted by molar-refractivity contribution is -0.130. The average Bonchev–Trinajstić information content (AvgIpc) is 2.80. The van der Waals surface area contributed by atoms with Crippen molar-refractivity contribution in [3.05, 3.63) is 94.5 Å². The fraction of sp³-hybridized carbons (Fsp3) is 0.276. The number of carbonyl (C=O) groups is 1. The number of benzene rings is 3. The summed E-state index contributed by atoms with van der Waals surface area (Å²) in [4.78, 5) is 13.9. The number of aliphatic hydroxyl groups excluding tert-OH is 1. The Kier molecular flexibility index (Phi) is 7.07. The number of aryl methyl sites for hydroxylation is 1. The Bertz CT molecular complexity index is 1150. The highest BCUT2D eigenvalue weighted by Crippen LogP contribution is 2.27. The van der Waals surface area contributed by atoms with Crippen LogP contribution in [-0.2, 0) is 11.3 Å². The molecule has 2 atom stereocenters. The molecule has 1 aliphatic heterocycles. The maximum absolute atomic E-state index is 11.9. The number of piperidine rings is 1. The van der Waals surface area contributed by atoms with E-state index in [4.69, 9.17) is 5.73 Å². The summed E-state index contributed by atoms with van der Waals surface area (Å²) in [6, 6.07) is 22.6. The van der Waals surface area contributed by atoms with E-state index in [1.165, 1.54) is 27.8 Å². The van der Waals surface area contributed by atoms with E-state index in [1.54, 1.807) is 0 Å². The van der Waals surface area contributed by atoms with Crippen molar-refractivity contribution in [3.63, 3.8) is 0 Å². The minimum Gasteiger partial charge on any atom is -0.391 e. The predicted molar refractivity (Wildman–Crippen MR) is 135 cm³/mol. The van der Waals surface area contributed by atoms with Crippen molar-refractivity contribution in [2.24, 2.45) is 5.73 Å². The van der Waals surface area contributed by atoms with Gasteiger partial charge in [-0.1, -0.05) is 78.9 Å². The van der Waals surface area contributed by atoms with E-state index in [2.05, 4.69) is 86.7 Å². The number of hydrogen-bond donors (Lipinski definition) is 2. The van der Waals surface area contributed by atoms with Gasteiger partial charge in [0.2, 0.25) is 5.91 Å². The lowest BCUT2D eigenvalue weighted by Gasteiger charge is -2.37. The SMILES string of the molecule is Cc1cc(CN2CCC[C@@H](O)[C@@H]2C(N)=O)ccc1/C=C/c1cccc(-c2ccccc2)c1C. The van der Waals surface area contributed by atoms with Gasteiger partial charge in [0.15, 0.2) is 0 Å². The highest BCUT2D eigenvalue weighted by atomic mass is 16.3. The Morgan fingerprint density at radius 3 is 2.52 bits per heavy atom. The van der Waals surface area contributed by atoms with Gasteiger partial charge in [0.25, 0.3) is 0 Å². The van der Waals surface area contributed by atoms with E-state index in [9.17, 15) is 9.90 Å². The van der Waals surface area contributed by atoms with Crippen LogP contribution in [-0.4, -0.2) is 34.6 Å². The van der Waals surface area contributed by atoms with Crippen LogP contribution < -0.4 is 5.73 Å². The Hall–Kier alpha value is -3.21. The minimum atomic E-state index is -0.686. The van der Waals surface area contributed by atoms with Gasteiger partial charge >= 0.3 is 0 Å². The number of nitrogens with two attached hydrogens (primary N) is 1. The predicted octanol–water partition coefficient (Wildman–Crippen LogP) is 4.95. The molecule has 1 heterocycles. The number of nitrogens with zero attached hydrogens (tertiary/aromatic N) is 1. The van der Waals surface area contributed by atoms with Gasteiger partial charge in [-0.25, -0.2) is 0 Å². The van der Waals surface area contributed by atoms with Gasteiger partial charge in [0, 0.05) is 6.54 Å². The van der Waals surface area contributed by atoms with E-state index in [0.29, 0.717) is 13.0 Å². The Balaban J connectivity index is 1.52. The lowest BCUT2D eigenvalue weighted by Crippen LogP contribution is -2.54. The molecule has 0 aliphatic carbocycles. The fourth-order valence-electron chi connectivity index (χ4n) is 4.79. The smallest absolute Gasteiger partial charge is 0.237 e. The molecule has 4 rings (SSSR count). The zero-order valence-electron chi connectivity index (χ0n) is 19.4. The van der Waals surface area contributed by atoms with Crippen molar-refractivity contribution >= 4 is 18.1 Å². The molecule has 3 aromatic rings. The molecule has 170 valence electrons. The van der Waals surface area contributed by atoms with Crippen molar-refractivity contribution in [2.75, 3.05) is 6.54 Å². The fourth-order valence-corrected chi connectivity index (χ4v) is 4.79. The first kappa shape index (κ1) is 23.0. The molecule has 3 N–H and O–H groups in total. The monoisotopic (exact) mass is 440 g/mol. The van der Waals surface area contributed by atoms with Gasteiger partial charge in [0.1, 0.15) is 6.04 Å². The second-order valence-electron chi connectivity index (χ2n) is 8.94. The molecule has 4 heteroatoms. The van der Waals surface area contributed by atoms with Crippen LogP contribution in [0.4, 0.5) is 0 Å². The topological polar surface area (TPSA) is 66.6 Å². The van der Waals surface area contributed by atoms with Gasteiger partial charge in [-0.2, -0.15) is 0 Å². The molecule has 0 unspecified atom stereocenters. The van der Waals surface area contributed by atoms with Gasteiger partial charge in [-0.05, 0) is 72.2 Å². The maximum atomic E-state index is 11.9. The van der Waals surface area contributed by atoms with Crippen LogP contribution >= 0.6 is 0 Å².